The van der Waals surface area contributed by atoms with E-state index in [-0.39, 0.29) is 0 Å². The molecule has 7 heteroatoms. The SMILES string of the molecule is CC1(C)OB(c2ccccc2NS(C)(=O)=O)OC1(C)C. The van der Waals surface area contributed by atoms with Crippen molar-refractivity contribution in [3.05, 3.63) is 24.3 Å². The van der Waals surface area contributed by atoms with Crippen molar-refractivity contribution in [3.63, 3.8) is 0 Å². The van der Waals surface area contributed by atoms with Gasteiger partial charge in [-0.25, -0.2) is 8.42 Å². The summed E-state index contributed by atoms with van der Waals surface area (Å²) in [6.45, 7) is 7.83. The van der Waals surface area contributed by atoms with Crippen LogP contribution < -0.4 is 10.2 Å². The minimum atomic E-state index is -3.35. The van der Waals surface area contributed by atoms with E-state index >= 15 is 0 Å². The Hall–Kier alpha value is -1.05. The summed E-state index contributed by atoms with van der Waals surface area (Å²) in [5, 5.41) is 0. The second-order valence-corrected chi connectivity index (χ2v) is 7.80. The maximum Gasteiger partial charge on any atom is 0.496 e. The van der Waals surface area contributed by atoms with Crippen LogP contribution in [0.2, 0.25) is 0 Å². The Morgan fingerprint density at radius 2 is 1.55 bits per heavy atom. The highest BCUT2D eigenvalue weighted by Crippen LogP contribution is 2.36. The third-order valence-electron chi connectivity index (χ3n) is 3.76. The van der Waals surface area contributed by atoms with Crippen LogP contribution in [0.4, 0.5) is 5.69 Å². The van der Waals surface area contributed by atoms with Gasteiger partial charge in [-0.2, -0.15) is 0 Å². The molecule has 20 heavy (non-hydrogen) atoms. The number of hydrogen-bond donors (Lipinski definition) is 1. The van der Waals surface area contributed by atoms with Gasteiger partial charge >= 0.3 is 7.12 Å². The Labute approximate surface area is 120 Å². The van der Waals surface area contributed by atoms with Gasteiger partial charge in [-0.3, -0.25) is 4.72 Å². The summed E-state index contributed by atoms with van der Waals surface area (Å²) in [7, 11) is -3.94. The maximum atomic E-state index is 11.4. The molecule has 0 bridgehead atoms. The molecule has 1 aromatic rings. The van der Waals surface area contributed by atoms with Crippen LogP contribution in [-0.2, 0) is 19.3 Å². The fraction of sp³-hybridized carbons (Fsp3) is 0.538. The van der Waals surface area contributed by atoms with E-state index in [0.717, 1.165) is 6.26 Å². The molecular weight excluding hydrogens is 277 g/mol. The Balaban J connectivity index is 2.36. The van der Waals surface area contributed by atoms with Crippen molar-refractivity contribution in [1.82, 2.24) is 0 Å². The van der Waals surface area contributed by atoms with E-state index in [1.807, 2.05) is 33.8 Å². The molecule has 0 atom stereocenters. The van der Waals surface area contributed by atoms with Crippen LogP contribution in [0.15, 0.2) is 24.3 Å². The van der Waals surface area contributed by atoms with E-state index in [1.54, 1.807) is 18.2 Å². The molecule has 5 nitrogen and oxygen atoms in total. The Morgan fingerprint density at radius 3 is 2.05 bits per heavy atom. The highest BCUT2D eigenvalue weighted by molar-refractivity contribution is 7.92. The molecule has 1 N–H and O–H groups in total. The zero-order chi connectivity index (χ0) is 15.2. The molecule has 0 amide bonds. The molecule has 2 rings (SSSR count). The Morgan fingerprint density at radius 1 is 1.05 bits per heavy atom. The van der Waals surface area contributed by atoms with E-state index in [0.29, 0.717) is 11.2 Å². The van der Waals surface area contributed by atoms with Gasteiger partial charge in [0.1, 0.15) is 0 Å². The Bertz CT molecular complexity index is 597. The zero-order valence-electron chi connectivity index (χ0n) is 12.4. The first kappa shape index (κ1) is 15.3. The molecule has 1 aliphatic rings. The number of nitrogens with one attached hydrogen (secondary N) is 1. The first-order valence-corrected chi connectivity index (χ1v) is 8.33. The fourth-order valence-electron chi connectivity index (χ4n) is 1.97. The van der Waals surface area contributed by atoms with Crippen molar-refractivity contribution in [1.29, 1.82) is 0 Å². The average Bonchev–Trinajstić information content (AvgIpc) is 2.46. The lowest BCUT2D eigenvalue weighted by molar-refractivity contribution is 0.00578. The highest BCUT2D eigenvalue weighted by Gasteiger charge is 2.52. The summed E-state index contributed by atoms with van der Waals surface area (Å²) < 4.78 is 37.2. The molecule has 1 heterocycles. The second-order valence-electron chi connectivity index (χ2n) is 6.05. The summed E-state index contributed by atoms with van der Waals surface area (Å²) in [6.07, 6.45) is 1.12. The molecule has 110 valence electrons. The maximum absolute atomic E-state index is 11.4. The van der Waals surface area contributed by atoms with E-state index in [9.17, 15) is 8.42 Å². The van der Waals surface area contributed by atoms with E-state index in [2.05, 4.69) is 4.72 Å². The molecular formula is C13H20BNO4S. The number of hydrogen-bond acceptors (Lipinski definition) is 4. The standard InChI is InChI=1S/C13H20BNO4S/c1-12(2)13(3,4)19-14(18-12)10-8-6-7-9-11(10)15-20(5,16)17/h6-9,15H,1-5H3. The molecule has 0 aromatic heterocycles. The van der Waals surface area contributed by atoms with Crippen LogP contribution in [-0.4, -0.2) is 33.0 Å². The van der Waals surface area contributed by atoms with Crippen molar-refractivity contribution < 1.29 is 17.7 Å². The quantitative estimate of drug-likeness (QED) is 0.856. The third kappa shape index (κ3) is 3.00. The van der Waals surface area contributed by atoms with Gasteiger partial charge < -0.3 is 9.31 Å². The number of anilines is 1. The van der Waals surface area contributed by atoms with Crippen molar-refractivity contribution >= 4 is 28.3 Å². The summed E-state index contributed by atoms with van der Waals surface area (Å²) >= 11 is 0. The van der Waals surface area contributed by atoms with Crippen molar-refractivity contribution in [2.75, 3.05) is 11.0 Å². The van der Waals surface area contributed by atoms with Crippen LogP contribution in [0.1, 0.15) is 27.7 Å². The van der Waals surface area contributed by atoms with Crippen molar-refractivity contribution in [3.8, 4) is 0 Å². The van der Waals surface area contributed by atoms with Gasteiger partial charge in [0.15, 0.2) is 0 Å². The Kier molecular flexibility index (Phi) is 3.65. The first-order chi connectivity index (χ1) is 9.02. The molecule has 0 saturated carbocycles. The van der Waals surface area contributed by atoms with Gasteiger partial charge in [0.25, 0.3) is 0 Å². The second kappa shape index (κ2) is 4.75. The molecule has 1 aliphatic heterocycles. The molecule has 1 fully saturated rings. The summed E-state index contributed by atoms with van der Waals surface area (Å²) in [4.78, 5) is 0. The lowest BCUT2D eigenvalue weighted by atomic mass is 9.78. The highest BCUT2D eigenvalue weighted by atomic mass is 32.2. The van der Waals surface area contributed by atoms with Crippen molar-refractivity contribution in [2.24, 2.45) is 0 Å². The van der Waals surface area contributed by atoms with Gasteiger partial charge in [-0.05, 0) is 33.8 Å². The van der Waals surface area contributed by atoms with E-state index in [4.69, 9.17) is 9.31 Å². The van der Waals surface area contributed by atoms with Crippen molar-refractivity contribution in [2.45, 2.75) is 38.9 Å². The largest absolute Gasteiger partial charge is 0.496 e. The molecule has 1 saturated heterocycles. The fourth-order valence-corrected chi connectivity index (χ4v) is 2.55. The summed E-state index contributed by atoms with van der Waals surface area (Å²) in [5.41, 5.74) is 0.233. The van der Waals surface area contributed by atoms with Crippen LogP contribution in [0.5, 0.6) is 0 Å². The molecule has 0 unspecified atom stereocenters. The number of para-hydroxylation sites is 1. The van der Waals surface area contributed by atoms with Gasteiger partial charge in [-0.1, -0.05) is 18.2 Å². The minimum Gasteiger partial charge on any atom is -0.399 e. The third-order valence-corrected chi connectivity index (χ3v) is 4.35. The monoisotopic (exact) mass is 297 g/mol. The number of rotatable bonds is 3. The van der Waals surface area contributed by atoms with Gasteiger partial charge in [0.05, 0.1) is 17.5 Å². The van der Waals surface area contributed by atoms with Crippen LogP contribution in [0.3, 0.4) is 0 Å². The molecule has 0 spiro atoms. The van der Waals surface area contributed by atoms with Crippen LogP contribution in [0, 0.1) is 0 Å². The predicted molar refractivity (Wildman–Crippen MR) is 80.6 cm³/mol. The van der Waals surface area contributed by atoms with Gasteiger partial charge in [0, 0.05) is 11.2 Å². The number of benzene rings is 1. The first-order valence-electron chi connectivity index (χ1n) is 6.44. The van der Waals surface area contributed by atoms with E-state index in [1.165, 1.54) is 0 Å². The smallest absolute Gasteiger partial charge is 0.399 e. The lowest BCUT2D eigenvalue weighted by Crippen LogP contribution is -2.41. The van der Waals surface area contributed by atoms with Gasteiger partial charge in [-0.15, -0.1) is 0 Å². The zero-order valence-corrected chi connectivity index (χ0v) is 13.2. The van der Waals surface area contributed by atoms with Crippen LogP contribution in [0.25, 0.3) is 0 Å². The minimum absolute atomic E-state index is 0.462. The van der Waals surface area contributed by atoms with Gasteiger partial charge in [0.2, 0.25) is 10.0 Å². The predicted octanol–water partition coefficient (Wildman–Crippen LogP) is 1.36. The molecule has 0 radical (unpaired) electrons. The topological polar surface area (TPSA) is 64.6 Å². The number of sulfonamides is 1. The normalized spacial score (nSPS) is 20.9. The summed E-state index contributed by atoms with van der Waals surface area (Å²) in [5.74, 6) is 0. The molecule has 1 aromatic carbocycles. The lowest BCUT2D eigenvalue weighted by Gasteiger charge is -2.32. The van der Waals surface area contributed by atoms with E-state index < -0.39 is 28.3 Å². The average molecular weight is 297 g/mol. The molecule has 0 aliphatic carbocycles. The van der Waals surface area contributed by atoms with Crippen LogP contribution >= 0.6 is 0 Å². The summed E-state index contributed by atoms with van der Waals surface area (Å²) in [6, 6.07) is 7.09.